The zero-order valence-electron chi connectivity index (χ0n) is 9.85. The lowest BCUT2D eigenvalue weighted by molar-refractivity contribution is 0.187. The molecule has 4 nitrogen and oxygen atoms in total. The molecule has 2 aromatic rings. The molecule has 0 atom stereocenters. The molecule has 0 aliphatic rings. The monoisotopic (exact) mass is 295 g/mol. The second kappa shape index (κ2) is 5.42. The van der Waals surface area contributed by atoms with E-state index in [2.05, 4.69) is 45.2 Å². The smallest absolute Gasteiger partial charge is 0.164 e. The molecule has 1 aromatic heterocycles. The third-order valence-corrected chi connectivity index (χ3v) is 3.09. The lowest BCUT2D eigenvalue weighted by Gasteiger charge is -2.08. The Morgan fingerprint density at radius 1 is 1.41 bits per heavy atom. The minimum Gasteiger partial charge on any atom is -0.383 e. The third-order valence-electron chi connectivity index (χ3n) is 2.59. The Balaban J connectivity index is 2.38. The second-order valence-electron chi connectivity index (χ2n) is 3.80. The molecule has 0 radical (unpaired) electrons. The van der Waals surface area contributed by atoms with Crippen LogP contribution < -0.4 is 0 Å². The summed E-state index contributed by atoms with van der Waals surface area (Å²) in [6.07, 6.45) is 1.73. The van der Waals surface area contributed by atoms with Crippen molar-refractivity contribution in [3.8, 4) is 11.4 Å². The molecule has 1 heterocycles. The van der Waals surface area contributed by atoms with Crippen molar-refractivity contribution in [1.82, 2.24) is 14.8 Å². The maximum absolute atomic E-state index is 5.07. The SMILES string of the molecule is COCCn1cnnc1-c1cc(Br)ccc1C. The average molecular weight is 296 g/mol. The number of aryl methyl sites for hydroxylation is 1. The van der Waals surface area contributed by atoms with Crippen molar-refractivity contribution >= 4 is 15.9 Å². The Kier molecular flexibility index (Phi) is 3.91. The molecule has 0 unspecified atom stereocenters. The highest BCUT2D eigenvalue weighted by molar-refractivity contribution is 9.10. The van der Waals surface area contributed by atoms with Gasteiger partial charge in [-0.15, -0.1) is 10.2 Å². The lowest BCUT2D eigenvalue weighted by atomic mass is 10.1. The topological polar surface area (TPSA) is 39.9 Å². The van der Waals surface area contributed by atoms with Gasteiger partial charge in [0.1, 0.15) is 6.33 Å². The van der Waals surface area contributed by atoms with Crippen LogP contribution in [-0.4, -0.2) is 28.5 Å². The van der Waals surface area contributed by atoms with Crippen molar-refractivity contribution in [3.63, 3.8) is 0 Å². The predicted molar refractivity (Wildman–Crippen MR) is 69.8 cm³/mol. The first-order chi connectivity index (χ1) is 8.22. The van der Waals surface area contributed by atoms with Gasteiger partial charge in [0.25, 0.3) is 0 Å². The van der Waals surface area contributed by atoms with Crippen LogP contribution in [0.15, 0.2) is 29.0 Å². The normalized spacial score (nSPS) is 10.8. The molecule has 0 amide bonds. The van der Waals surface area contributed by atoms with Gasteiger partial charge in [0.15, 0.2) is 5.82 Å². The number of nitrogens with zero attached hydrogens (tertiary/aromatic N) is 3. The summed E-state index contributed by atoms with van der Waals surface area (Å²) in [4.78, 5) is 0. The summed E-state index contributed by atoms with van der Waals surface area (Å²) in [5.41, 5.74) is 2.27. The minimum atomic E-state index is 0.651. The minimum absolute atomic E-state index is 0.651. The summed E-state index contributed by atoms with van der Waals surface area (Å²) in [6.45, 7) is 3.47. The Bertz CT molecular complexity index is 510. The van der Waals surface area contributed by atoms with Gasteiger partial charge < -0.3 is 9.30 Å². The summed E-state index contributed by atoms with van der Waals surface area (Å²) < 4.78 is 8.11. The first-order valence-corrected chi connectivity index (χ1v) is 6.15. The molecule has 0 aliphatic carbocycles. The highest BCUT2D eigenvalue weighted by atomic mass is 79.9. The van der Waals surface area contributed by atoms with Gasteiger partial charge in [-0.05, 0) is 24.6 Å². The zero-order valence-corrected chi connectivity index (χ0v) is 11.4. The highest BCUT2D eigenvalue weighted by Gasteiger charge is 2.10. The number of halogens is 1. The fourth-order valence-electron chi connectivity index (χ4n) is 1.65. The van der Waals surface area contributed by atoms with Crippen molar-refractivity contribution in [2.45, 2.75) is 13.5 Å². The van der Waals surface area contributed by atoms with E-state index < -0.39 is 0 Å². The van der Waals surface area contributed by atoms with E-state index in [-0.39, 0.29) is 0 Å². The van der Waals surface area contributed by atoms with E-state index in [0.717, 1.165) is 22.4 Å². The van der Waals surface area contributed by atoms with Crippen LogP contribution in [0, 0.1) is 6.92 Å². The molecule has 5 heteroatoms. The van der Waals surface area contributed by atoms with Gasteiger partial charge in [-0.25, -0.2) is 0 Å². The van der Waals surface area contributed by atoms with Crippen molar-refractivity contribution < 1.29 is 4.74 Å². The van der Waals surface area contributed by atoms with E-state index >= 15 is 0 Å². The molecule has 0 spiro atoms. The van der Waals surface area contributed by atoms with Crippen LogP contribution in [0.5, 0.6) is 0 Å². The molecule has 90 valence electrons. The van der Waals surface area contributed by atoms with Crippen molar-refractivity contribution in [1.29, 1.82) is 0 Å². The summed E-state index contributed by atoms with van der Waals surface area (Å²) in [5.74, 6) is 0.876. The van der Waals surface area contributed by atoms with E-state index in [1.165, 1.54) is 5.56 Å². The molecule has 0 bridgehead atoms. The van der Waals surface area contributed by atoms with Crippen molar-refractivity contribution in [2.75, 3.05) is 13.7 Å². The van der Waals surface area contributed by atoms with E-state index in [9.17, 15) is 0 Å². The molecule has 0 fully saturated rings. The van der Waals surface area contributed by atoms with Gasteiger partial charge in [0, 0.05) is 23.7 Å². The fourth-order valence-corrected chi connectivity index (χ4v) is 2.01. The average Bonchev–Trinajstić information content (AvgIpc) is 2.77. The molecule has 2 rings (SSSR count). The Hall–Kier alpha value is -1.20. The number of aromatic nitrogens is 3. The summed E-state index contributed by atoms with van der Waals surface area (Å²) in [6, 6.07) is 6.14. The number of hydrogen-bond donors (Lipinski definition) is 0. The van der Waals surface area contributed by atoms with Crippen LogP contribution in [0.4, 0.5) is 0 Å². The van der Waals surface area contributed by atoms with Crippen LogP contribution in [0.25, 0.3) is 11.4 Å². The maximum Gasteiger partial charge on any atom is 0.164 e. The van der Waals surface area contributed by atoms with E-state index in [4.69, 9.17) is 4.74 Å². The number of ether oxygens (including phenoxy) is 1. The van der Waals surface area contributed by atoms with Gasteiger partial charge in [0.2, 0.25) is 0 Å². The molecule has 0 aliphatic heterocycles. The zero-order chi connectivity index (χ0) is 12.3. The van der Waals surface area contributed by atoms with Gasteiger partial charge in [-0.3, -0.25) is 0 Å². The molecule has 1 aromatic carbocycles. The Morgan fingerprint density at radius 2 is 2.24 bits per heavy atom. The van der Waals surface area contributed by atoms with Gasteiger partial charge >= 0.3 is 0 Å². The van der Waals surface area contributed by atoms with E-state index in [1.807, 2.05) is 10.6 Å². The van der Waals surface area contributed by atoms with Crippen molar-refractivity contribution in [2.24, 2.45) is 0 Å². The summed E-state index contributed by atoms with van der Waals surface area (Å²) in [7, 11) is 1.69. The van der Waals surface area contributed by atoms with Crippen LogP contribution in [0.2, 0.25) is 0 Å². The molecule has 17 heavy (non-hydrogen) atoms. The van der Waals surface area contributed by atoms with Gasteiger partial charge in [-0.2, -0.15) is 0 Å². The first kappa shape index (κ1) is 12.3. The predicted octanol–water partition coefficient (Wildman–Crippen LogP) is 2.66. The van der Waals surface area contributed by atoms with Crippen LogP contribution in [0.1, 0.15) is 5.56 Å². The van der Waals surface area contributed by atoms with Gasteiger partial charge in [0.05, 0.1) is 6.61 Å². The number of hydrogen-bond acceptors (Lipinski definition) is 3. The van der Waals surface area contributed by atoms with Crippen LogP contribution in [-0.2, 0) is 11.3 Å². The second-order valence-corrected chi connectivity index (χ2v) is 4.72. The van der Waals surface area contributed by atoms with E-state index in [0.29, 0.717) is 6.61 Å². The van der Waals surface area contributed by atoms with Crippen molar-refractivity contribution in [3.05, 3.63) is 34.6 Å². The van der Waals surface area contributed by atoms with Crippen LogP contribution >= 0.6 is 15.9 Å². The largest absolute Gasteiger partial charge is 0.383 e. The molecule has 0 N–H and O–H groups in total. The quantitative estimate of drug-likeness (QED) is 0.871. The van der Waals surface area contributed by atoms with Gasteiger partial charge in [-0.1, -0.05) is 22.0 Å². The summed E-state index contributed by atoms with van der Waals surface area (Å²) >= 11 is 3.48. The fraction of sp³-hybridized carbons (Fsp3) is 0.333. The standard InChI is InChI=1S/C12H14BrN3O/c1-9-3-4-10(13)7-11(9)12-15-14-8-16(12)5-6-17-2/h3-4,7-8H,5-6H2,1-2H3. The molecule has 0 saturated carbocycles. The Morgan fingerprint density at radius 3 is 3.00 bits per heavy atom. The lowest BCUT2D eigenvalue weighted by Crippen LogP contribution is -2.05. The molecule has 0 saturated heterocycles. The first-order valence-electron chi connectivity index (χ1n) is 5.35. The number of rotatable bonds is 4. The highest BCUT2D eigenvalue weighted by Crippen LogP contribution is 2.25. The van der Waals surface area contributed by atoms with Crippen LogP contribution in [0.3, 0.4) is 0 Å². The maximum atomic E-state index is 5.07. The Labute approximate surface area is 109 Å². The number of methoxy groups -OCH3 is 1. The number of benzene rings is 1. The molecular weight excluding hydrogens is 282 g/mol. The summed E-state index contributed by atoms with van der Waals surface area (Å²) in [5, 5.41) is 8.14. The third kappa shape index (κ3) is 2.73. The van der Waals surface area contributed by atoms with E-state index in [1.54, 1.807) is 13.4 Å². The molecular formula is C12H14BrN3O.